The third kappa shape index (κ3) is 3.43. The summed E-state index contributed by atoms with van der Waals surface area (Å²) in [5.41, 5.74) is 1.86. The maximum Gasteiger partial charge on any atom is 0.261 e. The van der Waals surface area contributed by atoms with Crippen molar-refractivity contribution in [3.05, 3.63) is 53.1 Å². The minimum atomic E-state index is -0.428. The van der Waals surface area contributed by atoms with Gasteiger partial charge < -0.3 is 9.80 Å². The van der Waals surface area contributed by atoms with E-state index < -0.39 is 5.82 Å². The number of halogens is 1. The number of rotatable bonds is 3. The number of piperazine rings is 1. The Morgan fingerprint density at radius 1 is 0.931 bits per heavy atom. The zero-order chi connectivity index (χ0) is 19.8. The molecule has 3 aromatic rings. The van der Waals surface area contributed by atoms with Gasteiger partial charge in [0, 0.05) is 37.9 Å². The van der Waals surface area contributed by atoms with Crippen LogP contribution in [-0.2, 0) is 0 Å². The molecule has 2 aliphatic rings. The zero-order valence-corrected chi connectivity index (χ0v) is 16.2. The van der Waals surface area contributed by atoms with Crippen molar-refractivity contribution < 1.29 is 4.39 Å². The molecule has 1 saturated heterocycles. The largest absolute Gasteiger partial charge is 0.368 e. The summed E-state index contributed by atoms with van der Waals surface area (Å²) in [6.45, 7) is 3.09. The van der Waals surface area contributed by atoms with Crippen molar-refractivity contribution in [2.75, 3.05) is 36.0 Å². The van der Waals surface area contributed by atoms with Crippen LogP contribution in [-0.4, -0.2) is 45.7 Å². The molecule has 7 nitrogen and oxygen atoms in total. The highest BCUT2D eigenvalue weighted by Crippen LogP contribution is 2.28. The van der Waals surface area contributed by atoms with Crippen molar-refractivity contribution in [2.45, 2.75) is 31.7 Å². The number of aromatic nitrogens is 4. The van der Waals surface area contributed by atoms with E-state index in [-0.39, 0.29) is 5.56 Å². The molecule has 1 aliphatic heterocycles. The second-order valence-corrected chi connectivity index (χ2v) is 7.77. The average Bonchev–Trinajstić information content (AvgIpc) is 3.29. The number of fused-ring (bicyclic) bond motifs is 1. The first kappa shape index (κ1) is 18.0. The van der Waals surface area contributed by atoms with Gasteiger partial charge in [-0.1, -0.05) is 12.8 Å². The zero-order valence-electron chi connectivity index (χ0n) is 16.2. The van der Waals surface area contributed by atoms with Gasteiger partial charge in [0.05, 0.1) is 29.6 Å². The van der Waals surface area contributed by atoms with Crippen molar-refractivity contribution in [1.82, 2.24) is 19.5 Å². The van der Waals surface area contributed by atoms with Crippen LogP contribution < -0.4 is 15.4 Å². The third-order valence-corrected chi connectivity index (χ3v) is 6.02. The van der Waals surface area contributed by atoms with Crippen molar-refractivity contribution in [1.29, 1.82) is 0 Å². The van der Waals surface area contributed by atoms with E-state index >= 15 is 0 Å². The molecule has 150 valence electrons. The Labute approximate surface area is 167 Å². The number of benzene rings is 1. The molecule has 5 rings (SSSR count). The van der Waals surface area contributed by atoms with Crippen LogP contribution in [0.5, 0.6) is 0 Å². The lowest BCUT2D eigenvalue weighted by Gasteiger charge is -2.36. The molecule has 29 heavy (non-hydrogen) atoms. The van der Waals surface area contributed by atoms with Crippen molar-refractivity contribution in [3.63, 3.8) is 0 Å². The van der Waals surface area contributed by atoms with E-state index in [2.05, 4.69) is 24.8 Å². The first-order chi connectivity index (χ1) is 14.2. The van der Waals surface area contributed by atoms with Crippen LogP contribution in [0.4, 0.5) is 16.0 Å². The Balaban J connectivity index is 1.34. The average molecular weight is 394 g/mol. The quantitative estimate of drug-likeness (QED) is 0.681. The summed E-state index contributed by atoms with van der Waals surface area (Å²) < 4.78 is 14.8. The topological polar surface area (TPSA) is 67.2 Å². The van der Waals surface area contributed by atoms with E-state index in [1.54, 1.807) is 6.33 Å². The standard InChI is InChI=1S/C21H23FN6O/c22-15-12-23-21(24-13-15)27-9-7-26(8-10-27)17-5-6-18-19(11-17)25-14-28(20(18)29)16-3-1-2-4-16/h5-6,11-14,16H,1-4,7-10H2. The van der Waals surface area contributed by atoms with Crippen LogP contribution >= 0.6 is 0 Å². The number of hydrogen-bond acceptors (Lipinski definition) is 6. The van der Waals surface area contributed by atoms with Gasteiger partial charge in [-0.05, 0) is 31.0 Å². The molecule has 0 bridgehead atoms. The molecular weight excluding hydrogens is 371 g/mol. The third-order valence-electron chi connectivity index (χ3n) is 6.02. The minimum absolute atomic E-state index is 0.0618. The van der Waals surface area contributed by atoms with Gasteiger partial charge >= 0.3 is 0 Å². The fourth-order valence-corrected chi connectivity index (χ4v) is 4.40. The SMILES string of the molecule is O=c1c2ccc(N3CCN(c4ncc(F)cn4)CC3)cc2ncn1C1CCCC1. The minimum Gasteiger partial charge on any atom is -0.368 e. The molecule has 0 N–H and O–H groups in total. The van der Waals surface area contributed by atoms with Gasteiger partial charge in [0.1, 0.15) is 0 Å². The highest BCUT2D eigenvalue weighted by atomic mass is 19.1. The number of anilines is 2. The molecule has 3 heterocycles. The van der Waals surface area contributed by atoms with Gasteiger partial charge in [-0.25, -0.2) is 19.3 Å². The Bertz CT molecular complexity index is 1070. The van der Waals surface area contributed by atoms with Crippen LogP contribution in [0.15, 0.2) is 41.7 Å². The summed E-state index contributed by atoms with van der Waals surface area (Å²) in [5.74, 6) is 0.127. The van der Waals surface area contributed by atoms with Crippen LogP contribution in [0, 0.1) is 5.82 Å². The van der Waals surface area contributed by atoms with E-state index in [4.69, 9.17) is 0 Å². The molecule has 0 amide bonds. The van der Waals surface area contributed by atoms with Crippen molar-refractivity contribution >= 4 is 22.5 Å². The van der Waals surface area contributed by atoms with E-state index in [0.29, 0.717) is 17.4 Å². The molecule has 1 aliphatic carbocycles. The summed E-state index contributed by atoms with van der Waals surface area (Å²) in [6, 6.07) is 6.20. The van der Waals surface area contributed by atoms with Crippen molar-refractivity contribution in [2.24, 2.45) is 0 Å². The van der Waals surface area contributed by atoms with Crippen LogP contribution in [0.25, 0.3) is 10.9 Å². The summed E-state index contributed by atoms with van der Waals surface area (Å²) in [6.07, 6.45) is 8.60. The fraction of sp³-hybridized carbons (Fsp3) is 0.429. The lowest BCUT2D eigenvalue weighted by molar-refractivity contribution is 0.499. The highest BCUT2D eigenvalue weighted by Gasteiger charge is 2.21. The van der Waals surface area contributed by atoms with Gasteiger partial charge in [0.15, 0.2) is 5.82 Å². The van der Waals surface area contributed by atoms with Crippen molar-refractivity contribution in [3.8, 4) is 0 Å². The maximum atomic E-state index is 13.0. The monoisotopic (exact) mass is 394 g/mol. The summed E-state index contributed by atoms with van der Waals surface area (Å²) in [7, 11) is 0. The Morgan fingerprint density at radius 3 is 2.34 bits per heavy atom. The number of nitrogens with zero attached hydrogens (tertiary/aromatic N) is 6. The molecule has 2 aromatic heterocycles. The smallest absolute Gasteiger partial charge is 0.261 e. The Morgan fingerprint density at radius 2 is 1.62 bits per heavy atom. The molecule has 8 heteroatoms. The first-order valence-corrected chi connectivity index (χ1v) is 10.2. The fourth-order valence-electron chi connectivity index (χ4n) is 4.40. The first-order valence-electron chi connectivity index (χ1n) is 10.2. The molecule has 0 spiro atoms. The van der Waals surface area contributed by atoms with E-state index in [9.17, 15) is 9.18 Å². The molecule has 1 saturated carbocycles. The van der Waals surface area contributed by atoms with E-state index in [1.807, 2.05) is 22.8 Å². The molecule has 2 fully saturated rings. The molecule has 1 aromatic carbocycles. The number of hydrogen-bond donors (Lipinski definition) is 0. The van der Waals surface area contributed by atoms with Crippen LogP contribution in [0.2, 0.25) is 0 Å². The predicted molar refractivity (Wildman–Crippen MR) is 110 cm³/mol. The Hall–Kier alpha value is -3.03. The van der Waals surface area contributed by atoms with Gasteiger partial charge in [-0.3, -0.25) is 9.36 Å². The van der Waals surface area contributed by atoms with Gasteiger partial charge in [-0.15, -0.1) is 0 Å². The van der Waals surface area contributed by atoms with Gasteiger partial charge in [0.2, 0.25) is 5.95 Å². The highest BCUT2D eigenvalue weighted by molar-refractivity contribution is 5.81. The normalized spacial score (nSPS) is 18.0. The maximum absolute atomic E-state index is 13.0. The van der Waals surface area contributed by atoms with E-state index in [0.717, 1.165) is 50.2 Å². The summed E-state index contributed by atoms with van der Waals surface area (Å²) >= 11 is 0. The lowest BCUT2D eigenvalue weighted by atomic mass is 10.1. The summed E-state index contributed by atoms with van der Waals surface area (Å²) in [4.78, 5) is 29.9. The second-order valence-electron chi connectivity index (χ2n) is 7.77. The predicted octanol–water partition coefficient (Wildman–Crippen LogP) is 2.77. The molecule has 0 unspecified atom stereocenters. The Kier molecular flexibility index (Phi) is 4.61. The second kappa shape index (κ2) is 7.42. The lowest BCUT2D eigenvalue weighted by Crippen LogP contribution is -2.47. The van der Waals surface area contributed by atoms with Crippen LogP contribution in [0.1, 0.15) is 31.7 Å². The molecule has 0 atom stereocenters. The van der Waals surface area contributed by atoms with Gasteiger partial charge in [-0.2, -0.15) is 0 Å². The summed E-state index contributed by atoms with van der Waals surface area (Å²) in [5, 5.41) is 0.682. The molecular formula is C21H23FN6O. The van der Waals surface area contributed by atoms with Gasteiger partial charge in [0.25, 0.3) is 5.56 Å². The molecule has 0 radical (unpaired) electrons. The van der Waals surface area contributed by atoms with Crippen LogP contribution in [0.3, 0.4) is 0 Å². The van der Waals surface area contributed by atoms with E-state index in [1.165, 1.54) is 25.2 Å².